The van der Waals surface area contributed by atoms with E-state index in [1.807, 2.05) is 0 Å². The molecule has 1 atom stereocenters. The number of carbonyl (C=O) groups excluding carboxylic acids is 2. The Kier molecular flexibility index (Phi) is 7.54. The molecule has 0 saturated carbocycles. The second kappa shape index (κ2) is 10.2. The van der Waals surface area contributed by atoms with E-state index in [0.717, 1.165) is 12.1 Å². The molecule has 1 heterocycles. The van der Waals surface area contributed by atoms with Gasteiger partial charge in [0.1, 0.15) is 22.2 Å². The number of hydrogen-bond donors (Lipinski definition) is 1. The number of amides is 2. The van der Waals surface area contributed by atoms with Crippen molar-refractivity contribution in [1.29, 1.82) is 0 Å². The zero-order valence-electron chi connectivity index (χ0n) is 18.6. The molecule has 1 fully saturated rings. The summed E-state index contributed by atoms with van der Waals surface area (Å²) in [6, 6.07) is 8.76. The van der Waals surface area contributed by atoms with E-state index in [2.05, 4.69) is 4.72 Å². The minimum absolute atomic E-state index is 0.231. The lowest BCUT2D eigenvalue weighted by Gasteiger charge is -2.36. The fraction of sp³-hybridized carbons (Fsp3) is 0.364. The van der Waals surface area contributed by atoms with Gasteiger partial charge in [0, 0.05) is 32.2 Å². The lowest BCUT2D eigenvalue weighted by atomic mass is 10.1. The number of piperazine rings is 1. The second-order valence-corrected chi connectivity index (χ2v) is 9.14. The van der Waals surface area contributed by atoms with Crippen molar-refractivity contribution in [2.24, 2.45) is 0 Å². The smallest absolute Gasteiger partial charge is 0.257 e. The first-order chi connectivity index (χ1) is 15.7. The highest BCUT2D eigenvalue weighted by Crippen LogP contribution is 2.26. The van der Waals surface area contributed by atoms with E-state index < -0.39 is 32.7 Å². The Bertz CT molecular complexity index is 1130. The first-order valence-corrected chi connectivity index (χ1v) is 11.7. The van der Waals surface area contributed by atoms with Crippen molar-refractivity contribution in [2.75, 3.05) is 40.4 Å². The lowest BCUT2D eigenvalue weighted by molar-refractivity contribution is -0.134. The van der Waals surface area contributed by atoms with E-state index >= 15 is 0 Å². The van der Waals surface area contributed by atoms with Gasteiger partial charge >= 0.3 is 0 Å². The minimum Gasteiger partial charge on any atom is -0.497 e. The maximum atomic E-state index is 13.9. The maximum absolute atomic E-state index is 13.9. The lowest BCUT2D eigenvalue weighted by Crippen LogP contribution is -2.55. The zero-order chi connectivity index (χ0) is 24.2. The van der Waals surface area contributed by atoms with Crippen molar-refractivity contribution < 1.29 is 31.9 Å². The standard InChI is InChI=1S/C22H26FN3O6S/c1-15(24-33(29,30)20-7-5-4-6-18(20)23)21(27)25-10-12-26(13-11-25)22(28)17-9-8-16(31-2)14-19(17)32-3/h4-9,14-15,24H,10-13H2,1-3H3/t15-/m0/s1. The molecule has 11 heteroatoms. The Labute approximate surface area is 192 Å². The maximum Gasteiger partial charge on any atom is 0.257 e. The Morgan fingerprint density at radius 2 is 1.64 bits per heavy atom. The van der Waals surface area contributed by atoms with E-state index in [4.69, 9.17) is 9.47 Å². The molecule has 2 amide bonds. The fourth-order valence-corrected chi connectivity index (χ4v) is 4.83. The number of rotatable bonds is 7. The minimum atomic E-state index is -4.21. The van der Waals surface area contributed by atoms with Crippen LogP contribution in [0.3, 0.4) is 0 Å². The predicted octanol–water partition coefficient (Wildman–Crippen LogP) is 1.49. The predicted molar refractivity (Wildman–Crippen MR) is 118 cm³/mol. The van der Waals surface area contributed by atoms with Crippen LogP contribution < -0.4 is 14.2 Å². The van der Waals surface area contributed by atoms with E-state index in [1.54, 1.807) is 23.1 Å². The van der Waals surface area contributed by atoms with E-state index in [0.29, 0.717) is 17.1 Å². The molecule has 33 heavy (non-hydrogen) atoms. The van der Waals surface area contributed by atoms with Crippen LogP contribution in [0, 0.1) is 5.82 Å². The fourth-order valence-electron chi connectivity index (χ4n) is 3.56. The van der Waals surface area contributed by atoms with E-state index in [9.17, 15) is 22.4 Å². The summed E-state index contributed by atoms with van der Waals surface area (Å²) in [4.78, 5) is 28.3. The van der Waals surface area contributed by atoms with Gasteiger partial charge in [-0.15, -0.1) is 0 Å². The van der Waals surface area contributed by atoms with Crippen LogP contribution in [-0.4, -0.2) is 76.5 Å². The van der Waals surface area contributed by atoms with Crippen LogP contribution in [0.25, 0.3) is 0 Å². The van der Waals surface area contributed by atoms with Gasteiger partial charge < -0.3 is 19.3 Å². The summed E-state index contributed by atoms with van der Waals surface area (Å²) in [6.07, 6.45) is 0. The van der Waals surface area contributed by atoms with Crippen LogP contribution in [0.1, 0.15) is 17.3 Å². The zero-order valence-corrected chi connectivity index (χ0v) is 19.4. The molecule has 2 aromatic rings. The molecule has 178 valence electrons. The largest absolute Gasteiger partial charge is 0.497 e. The summed E-state index contributed by atoms with van der Waals surface area (Å²) in [5.41, 5.74) is 0.379. The summed E-state index contributed by atoms with van der Waals surface area (Å²) in [5, 5.41) is 0. The van der Waals surface area contributed by atoms with Gasteiger partial charge in [0.25, 0.3) is 5.91 Å². The molecule has 0 bridgehead atoms. The molecule has 0 radical (unpaired) electrons. The van der Waals surface area contributed by atoms with Crippen LogP contribution in [-0.2, 0) is 14.8 Å². The van der Waals surface area contributed by atoms with Crippen molar-refractivity contribution in [2.45, 2.75) is 17.9 Å². The molecule has 1 N–H and O–H groups in total. The Hall–Kier alpha value is -3.18. The number of sulfonamides is 1. The van der Waals surface area contributed by atoms with Crippen LogP contribution in [0.5, 0.6) is 11.5 Å². The Morgan fingerprint density at radius 3 is 2.24 bits per heavy atom. The van der Waals surface area contributed by atoms with Gasteiger partial charge in [0.2, 0.25) is 15.9 Å². The number of nitrogens with one attached hydrogen (secondary N) is 1. The molecule has 0 spiro atoms. The van der Waals surface area contributed by atoms with Gasteiger partial charge in [0.15, 0.2) is 0 Å². The van der Waals surface area contributed by atoms with Gasteiger partial charge in [-0.25, -0.2) is 12.8 Å². The topological polar surface area (TPSA) is 105 Å². The van der Waals surface area contributed by atoms with Crippen molar-refractivity contribution >= 4 is 21.8 Å². The molecule has 2 aromatic carbocycles. The molecule has 1 aliphatic heterocycles. The van der Waals surface area contributed by atoms with E-state index in [-0.39, 0.29) is 32.1 Å². The number of carbonyl (C=O) groups is 2. The van der Waals surface area contributed by atoms with Crippen LogP contribution >= 0.6 is 0 Å². The average molecular weight is 480 g/mol. The third kappa shape index (κ3) is 5.42. The van der Waals surface area contributed by atoms with Crippen molar-refractivity contribution in [3.8, 4) is 11.5 Å². The summed E-state index contributed by atoms with van der Waals surface area (Å²) < 4.78 is 51.5. The Morgan fingerprint density at radius 1 is 1.00 bits per heavy atom. The molecule has 0 aromatic heterocycles. The van der Waals surface area contributed by atoms with Gasteiger partial charge in [-0.1, -0.05) is 12.1 Å². The normalized spacial score (nSPS) is 15.2. The molecular weight excluding hydrogens is 453 g/mol. The molecule has 3 rings (SSSR count). The second-order valence-electron chi connectivity index (χ2n) is 7.46. The van der Waals surface area contributed by atoms with Gasteiger partial charge in [-0.05, 0) is 31.2 Å². The average Bonchev–Trinajstić information content (AvgIpc) is 2.82. The third-order valence-corrected chi connectivity index (χ3v) is 6.92. The molecule has 1 aliphatic rings. The van der Waals surface area contributed by atoms with Gasteiger partial charge in [-0.3, -0.25) is 9.59 Å². The quantitative estimate of drug-likeness (QED) is 0.645. The number of benzene rings is 2. The first kappa shape index (κ1) is 24.5. The highest BCUT2D eigenvalue weighted by molar-refractivity contribution is 7.89. The third-order valence-electron chi connectivity index (χ3n) is 5.35. The molecule has 9 nitrogen and oxygen atoms in total. The first-order valence-electron chi connectivity index (χ1n) is 10.2. The highest BCUT2D eigenvalue weighted by Gasteiger charge is 2.31. The van der Waals surface area contributed by atoms with Crippen molar-refractivity contribution in [3.05, 3.63) is 53.8 Å². The molecule has 1 saturated heterocycles. The summed E-state index contributed by atoms with van der Waals surface area (Å²) in [6.45, 7) is 2.41. The highest BCUT2D eigenvalue weighted by atomic mass is 32.2. The number of nitrogens with zero attached hydrogens (tertiary/aromatic N) is 2. The summed E-state index contributed by atoms with van der Waals surface area (Å²) in [5.74, 6) is -0.649. The number of ether oxygens (including phenoxy) is 2. The van der Waals surface area contributed by atoms with Gasteiger partial charge in [0.05, 0.1) is 25.8 Å². The van der Waals surface area contributed by atoms with E-state index in [1.165, 1.54) is 38.2 Å². The SMILES string of the molecule is COc1ccc(C(=O)N2CCN(C(=O)[C@H](C)NS(=O)(=O)c3ccccc3F)CC2)c(OC)c1. The molecule has 0 unspecified atom stereocenters. The summed E-state index contributed by atoms with van der Waals surface area (Å²) in [7, 11) is -1.23. The van der Waals surface area contributed by atoms with Crippen LogP contribution in [0.2, 0.25) is 0 Å². The molecule has 0 aliphatic carbocycles. The number of hydrogen-bond acceptors (Lipinski definition) is 6. The number of halogens is 1. The van der Waals surface area contributed by atoms with Crippen LogP contribution in [0.4, 0.5) is 4.39 Å². The number of methoxy groups -OCH3 is 2. The molecular formula is C22H26FN3O6S. The van der Waals surface area contributed by atoms with Crippen LogP contribution in [0.15, 0.2) is 47.4 Å². The Balaban J connectivity index is 1.62. The van der Waals surface area contributed by atoms with Crippen molar-refractivity contribution in [1.82, 2.24) is 14.5 Å². The monoisotopic (exact) mass is 479 g/mol. The van der Waals surface area contributed by atoms with Gasteiger partial charge in [-0.2, -0.15) is 4.72 Å². The summed E-state index contributed by atoms with van der Waals surface area (Å²) >= 11 is 0. The van der Waals surface area contributed by atoms with Crippen molar-refractivity contribution in [3.63, 3.8) is 0 Å².